The van der Waals surface area contributed by atoms with Crippen LogP contribution in [0.2, 0.25) is 0 Å². The van der Waals surface area contributed by atoms with Crippen LogP contribution in [0, 0.1) is 46.3 Å². The number of rotatable bonds is 2. The highest BCUT2D eigenvalue weighted by Crippen LogP contribution is 2.69. The molecule has 4 rings (SSSR count). The maximum absolute atomic E-state index is 2.72. The zero-order chi connectivity index (χ0) is 16.2. The molecule has 4 aliphatic rings. The smallest absolute Gasteiger partial charge is 0.0241 e. The van der Waals surface area contributed by atoms with Crippen LogP contribution in [0.5, 0.6) is 0 Å². The lowest BCUT2D eigenvalue weighted by Gasteiger charge is -2.62. The van der Waals surface area contributed by atoms with Gasteiger partial charge in [0.1, 0.15) is 0 Å². The first-order chi connectivity index (χ1) is 11.0. The molecule has 0 aromatic carbocycles. The van der Waals surface area contributed by atoms with Gasteiger partial charge in [0, 0.05) is 0 Å². The van der Waals surface area contributed by atoms with Gasteiger partial charge in [0.15, 0.2) is 0 Å². The lowest BCUT2D eigenvalue weighted by Crippen LogP contribution is -2.55. The van der Waals surface area contributed by atoms with E-state index in [1.165, 1.54) is 25.7 Å². The molecule has 0 aliphatic heterocycles. The molecule has 0 N–H and O–H groups in total. The molecule has 0 heteroatoms. The summed E-state index contributed by atoms with van der Waals surface area (Å²) < 4.78 is 0. The van der Waals surface area contributed by atoms with Crippen LogP contribution in [-0.2, 0) is 0 Å². The first-order valence-electron chi connectivity index (χ1n) is 11.0. The monoisotopic (exact) mass is 316 g/mol. The van der Waals surface area contributed by atoms with Crippen LogP contribution >= 0.6 is 0 Å². The Bertz CT molecular complexity index is 439. The molecule has 4 saturated carbocycles. The molecule has 8 atom stereocenters. The molecule has 0 bridgehead atoms. The first kappa shape index (κ1) is 16.5. The summed E-state index contributed by atoms with van der Waals surface area (Å²) in [5, 5.41) is 0. The minimum atomic E-state index is 0.676. The molecule has 7 unspecified atom stereocenters. The lowest BCUT2D eigenvalue weighted by atomic mass is 9.43. The lowest BCUT2D eigenvalue weighted by molar-refractivity contribution is -0.134. The highest BCUT2D eigenvalue weighted by atomic mass is 14.7. The zero-order valence-corrected chi connectivity index (χ0v) is 16.2. The normalized spacial score (nSPS) is 55.8. The van der Waals surface area contributed by atoms with E-state index < -0.39 is 0 Å². The van der Waals surface area contributed by atoms with Crippen molar-refractivity contribution >= 4 is 0 Å². The molecule has 132 valence electrons. The second kappa shape index (κ2) is 5.77. The third-order valence-electron chi connectivity index (χ3n) is 9.99. The number of hydrogen-bond donors (Lipinski definition) is 0. The Balaban J connectivity index is 1.64. The minimum absolute atomic E-state index is 0.676. The fourth-order valence-electron chi connectivity index (χ4n) is 8.59. The maximum atomic E-state index is 2.72. The zero-order valence-electron chi connectivity index (χ0n) is 16.2. The second-order valence-electron chi connectivity index (χ2n) is 10.5. The highest BCUT2D eigenvalue weighted by molar-refractivity contribution is 5.10. The van der Waals surface area contributed by atoms with E-state index >= 15 is 0 Å². The van der Waals surface area contributed by atoms with Crippen molar-refractivity contribution in [1.29, 1.82) is 0 Å². The van der Waals surface area contributed by atoms with Gasteiger partial charge in [-0.15, -0.1) is 0 Å². The van der Waals surface area contributed by atoms with Gasteiger partial charge >= 0.3 is 0 Å². The van der Waals surface area contributed by atoms with Crippen LogP contribution in [0.1, 0.15) is 98.3 Å². The van der Waals surface area contributed by atoms with Gasteiger partial charge in [-0.25, -0.2) is 0 Å². The molecular weight excluding hydrogens is 276 g/mol. The summed E-state index contributed by atoms with van der Waals surface area (Å²) in [6.45, 7) is 10.5. The van der Waals surface area contributed by atoms with E-state index in [4.69, 9.17) is 0 Å². The van der Waals surface area contributed by atoms with E-state index in [1.807, 2.05) is 0 Å². The summed E-state index contributed by atoms with van der Waals surface area (Å²) in [4.78, 5) is 0. The average Bonchev–Trinajstić information content (AvgIpc) is 2.87. The summed E-state index contributed by atoms with van der Waals surface area (Å²) in [6, 6.07) is 0. The van der Waals surface area contributed by atoms with Gasteiger partial charge in [0.2, 0.25) is 0 Å². The van der Waals surface area contributed by atoms with Crippen molar-refractivity contribution in [3.8, 4) is 0 Å². The largest absolute Gasteiger partial charge is 0.0654 e. The Hall–Kier alpha value is 0. The van der Waals surface area contributed by atoms with E-state index in [-0.39, 0.29) is 0 Å². The number of fused-ring (bicyclic) bond motifs is 5. The molecule has 0 aromatic heterocycles. The SMILES string of the molecule is CCCC1CCC2C3CCC4CCCCC4(C)C3C[C@H](C)C12C. The van der Waals surface area contributed by atoms with Crippen molar-refractivity contribution in [1.82, 2.24) is 0 Å². The quantitative estimate of drug-likeness (QED) is 0.510. The molecule has 0 saturated heterocycles. The van der Waals surface area contributed by atoms with Gasteiger partial charge < -0.3 is 0 Å². The van der Waals surface area contributed by atoms with Gasteiger partial charge in [-0.3, -0.25) is 0 Å². The molecular formula is C23H40. The van der Waals surface area contributed by atoms with E-state index in [1.54, 1.807) is 44.9 Å². The molecule has 0 spiro atoms. The molecule has 4 fully saturated rings. The van der Waals surface area contributed by atoms with Gasteiger partial charge in [-0.1, -0.05) is 53.4 Å². The Labute approximate surface area is 145 Å². The van der Waals surface area contributed by atoms with Crippen LogP contribution < -0.4 is 0 Å². The molecule has 23 heavy (non-hydrogen) atoms. The van der Waals surface area contributed by atoms with Crippen molar-refractivity contribution in [2.75, 3.05) is 0 Å². The first-order valence-corrected chi connectivity index (χ1v) is 11.0. The van der Waals surface area contributed by atoms with Crippen LogP contribution in [0.4, 0.5) is 0 Å². The Morgan fingerprint density at radius 1 is 0.913 bits per heavy atom. The predicted octanol–water partition coefficient (Wildman–Crippen LogP) is 7.08. The van der Waals surface area contributed by atoms with E-state index in [0.717, 1.165) is 35.5 Å². The predicted molar refractivity (Wildman–Crippen MR) is 99.3 cm³/mol. The molecule has 0 amide bonds. The van der Waals surface area contributed by atoms with Crippen LogP contribution in [0.3, 0.4) is 0 Å². The second-order valence-corrected chi connectivity index (χ2v) is 10.5. The maximum Gasteiger partial charge on any atom is -0.0241 e. The van der Waals surface area contributed by atoms with Gasteiger partial charge in [0.05, 0.1) is 0 Å². The van der Waals surface area contributed by atoms with E-state index in [9.17, 15) is 0 Å². The summed E-state index contributed by atoms with van der Waals surface area (Å²) >= 11 is 0. The molecule has 4 aliphatic carbocycles. The van der Waals surface area contributed by atoms with Crippen molar-refractivity contribution in [2.24, 2.45) is 46.3 Å². The Morgan fingerprint density at radius 2 is 1.74 bits per heavy atom. The summed E-state index contributed by atoms with van der Waals surface area (Å²) in [7, 11) is 0. The Morgan fingerprint density at radius 3 is 2.52 bits per heavy atom. The summed E-state index contributed by atoms with van der Waals surface area (Å²) in [5.41, 5.74) is 1.38. The van der Waals surface area contributed by atoms with Crippen LogP contribution in [0.15, 0.2) is 0 Å². The fourth-order valence-corrected chi connectivity index (χ4v) is 8.59. The van der Waals surface area contributed by atoms with Gasteiger partial charge in [-0.05, 0) is 91.3 Å². The van der Waals surface area contributed by atoms with Crippen LogP contribution in [0.25, 0.3) is 0 Å². The van der Waals surface area contributed by atoms with Crippen molar-refractivity contribution in [3.63, 3.8) is 0 Å². The van der Waals surface area contributed by atoms with E-state index in [0.29, 0.717) is 10.8 Å². The van der Waals surface area contributed by atoms with Crippen LogP contribution in [-0.4, -0.2) is 0 Å². The third-order valence-corrected chi connectivity index (χ3v) is 9.99. The molecule has 0 radical (unpaired) electrons. The fraction of sp³-hybridized carbons (Fsp3) is 1.00. The summed E-state index contributed by atoms with van der Waals surface area (Å²) in [5.74, 6) is 6.28. The van der Waals surface area contributed by atoms with Crippen molar-refractivity contribution in [3.05, 3.63) is 0 Å². The van der Waals surface area contributed by atoms with E-state index in [2.05, 4.69) is 27.7 Å². The minimum Gasteiger partial charge on any atom is -0.0654 e. The molecule has 0 heterocycles. The molecule has 0 aromatic rings. The third kappa shape index (κ3) is 2.22. The van der Waals surface area contributed by atoms with Crippen molar-refractivity contribution in [2.45, 2.75) is 98.3 Å². The molecule has 0 nitrogen and oxygen atoms in total. The highest BCUT2D eigenvalue weighted by Gasteiger charge is 2.61. The Kier molecular flexibility index (Phi) is 4.13. The van der Waals surface area contributed by atoms with Crippen molar-refractivity contribution < 1.29 is 0 Å². The van der Waals surface area contributed by atoms with Gasteiger partial charge in [-0.2, -0.15) is 0 Å². The number of hydrogen-bond acceptors (Lipinski definition) is 0. The average molecular weight is 317 g/mol. The summed E-state index contributed by atoms with van der Waals surface area (Å²) in [6.07, 6.45) is 16.8. The topological polar surface area (TPSA) is 0 Å². The van der Waals surface area contributed by atoms with Gasteiger partial charge in [0.25, 0.3) is 0 Å². The standard InChI is InChI=1S/C23H40/c1-5-8-18-11-13-20-19-12-10-17-9-6-7-14-22(17,3)21(19)15-16(2)23(18,20)4/h16-21H,5-15H2,1-4H3/t16-,17?,18?,19?,20?,21?,22?,23?/m0/s1.